The summed E-state index contributed by atoms with van der Waals surface area (Å²) in [5.41, 5.74) is 1.85. The first-order valence-electron chi connectivity index (χ1n) is 8.50. The Morgan fingerprint density at radius 3 is 2.76 bits per heavy atom. The highest BCUT2D eigenvalue weighted by atomic mass is 16.2. The number of nitrogens with zero attached hydrogens (tertiary/aromatic N) is 3. The number of benzene rings is 1. The van der Waals surface area contributed by atoms with E-state index in [0.717, 1.165) is 12.8 Å². The molecule has 0 aliphatic carbocycles. The van der Waals surface area contributed by atoms with Crippen molar-refractivity contribution in [1.82, 2.24) is 25.5 Å². The van der Waals surface area contributed by atoms with Gasteiger partial charge >= 0.3 is 0 Å². The maximum Gasteiger partial charge on any atom is 0.253 e. The first-order valence-corrected chi connectivity index (χ1v) is 8.50. The predicted octanol–water partition coefficient (Wildman–Crippen LogP) is 0.958. The number of likely N-dealkylation sites (tertiary alicyclic amines) is 1. The van der Waals surface area contributed by atoms with Gasteiger partial charge in [-0.05, 0) is 32.0 Å². The number of carbonyl (C=O) groups excluding carboxylic acids is 2. The number of carbonyl (C=O) groups is 2. The second-order valence-corrected chi connectivity index (χ2v) is 6.37. The molecule has 3 rings (SSSR count). The van der Waals surface area contributed by atoms with Gasteiger partial charge in [-0.25, -0.2) is 0 Å². The summed E-state index contributed by atoms with van der Waals surface area (Å²) in [5, 5.41) is 5.67. The fourth-order valence-electron chi connectivity index (χ4n) is 3.38. The number of aromatic nitrogens is 2. The summed E-state index contributed by atoms with van der Waals surface area (Å²) in [7, 11) is 3.67. The lowest BCUT2D eigenvalue weighted by atomic mass is 10.1. The molecular formula is C18H23N5O2. The van der Waals surface area contributed by atoms with E-state index in [0.29, 0.717) is 29.6 Å². The van der Waals surface area contributed by atoms with Crippen LogP contribution in [0.1, 0.15) is 29.6 Å². The van der Waals surface area contributed by atoms with Gasteiger partial charge < -0.3 is 10.6 Å². The van der Waals surface area contributed by atoms with Crippen molar-refractivity contribution in [3.63, 3.8) is 0 Å². The molecule has 0 spiro atoms. The molecule has 1 aromatic heterocycles. The third kappa shape index (κ3) is 3.76. The van der Waals surface area contributed by atoms with Crippen molar-refractivity contribution in [2.24, 2.45) is 0 Å². The van der Waals surface area contributed by atoms with Gasteiger partial charge in [-0.2, -0.15) is 0 Å². The lowest BCUT2D eigenvalue weighted by Gasteiger charge is -2.25. The van der Waals surface area contributed by atoms with Gasteiger partial charge in [0.05, 0.1) is 11.1 Å². The topological polar surface area (TPSA) is 87.2 Å². The molecule has 1 fully saturated rings. The SMILES string of the molecule is CNC(=O)C[C@H]1CC[C@@H](CNC(=O)c2cccc3nccnc23)N1C. The zero-order valence-corrected chi connectivity index (χ0v) is 14.5. The van der Waals surface area contributed by atoms with Crippen molar-refractivity contribution in [3.8, 4) is 0 Å². The Bertz CT molecular complexity index is 774. The van der Waals surface area contributed by atoms with E-state index in [2.05, 4.69) is 25.5 Å². The fourth-order valence-corrected chi connectivity index (χ4v) is 3.38. The van der Waals surface area contributed by atoms with E-state index in [1.165, 1.54) is 0 Å². The van der Waals surface area contributed by atoms with Crippen molar-refractivity contribution >= 4 is 22.8 Å². The van der Waals surface area contributed by atoms with Gasteiger partial charge in [0.2, 0.25) is 5.91 Å². The fraction of sp³-hybridized carbons (Fsp3) is 0.444. The van der Waals surface area contributed by atoms with Gasteiger partial charge in [-0.3, -0.25) is 24.5 Å². The Balaban J connectivity index is 1.62. The highest BCUT2D eigenvalue weighted by Gasteiger charge is 2.31. The minimum absolute atomic E-state index is 0.0517. The third-order valence-corrected chi connectivity index (χ3v) is 4.93. The molecule has 1 saturated heterocycles. The van der Waals surface area contributed by atoms with Crippen LogP contribution in [-0.4, -0.2) is 59.4 Å². The molecule has 25 heavy (non-hydrogen) atoms. The molecule has 1 aromatic carbocycles. The van der Waals surface area contributed by atoms with E-state index in [9.17, 15) is 9.59 Å². The molecular weight excluding hydrogens is 318 g/mol. The van der Waals surface area contributed by atoms with Crippen LogP contribution < -0.4 is 10.6 Å². The molecule has 2 aromatic rings. The predicted molar refractivity (Wildman–Crippen MR) is 95.1 cm³/mol. The molecule has 0 radical (unpaired) electrons. The number of fused-ring (bicyclic) bond motifs is 1. The molecule has 2 N–H and O–H groups in total. The first kappa shape index (κ1) is 17.3. The molecule has 2 amide bonds. The molecule has 7 nitrogen and oxygen atoms in total. The standard InChI is InChI=1S/C18H23N5O2/c1-19-16(24)10-12-6-7-13(23(12)2)11-22-18(25)14-4-3-5-15-17(14)21-9-8-20-15/h3-5,8-9,12-13H,6-7,10-11H2,1-2H3,(H,19,24)(H,22,25)/t12-,13+/m1/s1. The number of para-hydroxylation sites is 1. The first-order chi connectivity index (χ1) is 12.1. The molecule has 0 bridgehead atoms. The smallest absolute Gasteiger partial charge is 0.253 e. The summed E-state index contributed by atoms with van der Waals surface area (Å²) >= 11 is 0. The molecule has 2 heterocycles. The Morgan fingerprint density at radius 2 is 1.96 bits per heavy atom. The molecule has 1 aliphatic rings. The van der Waals surface area contributed by atoms with Crippen LogP contribution in [0.3, 0.4) is 0 Å². The maximum absolute atomic E-state index is 12.6. The van der Waals surface area contributed by atoms with Crippen molar-refractivity contribution in [1.29, 1.82) is 0 Å². The minimum Gasteiger partial charge on any atom is -0.359 e. The van der Waals surface area contributed by atoms with Crippen LogP contribution in [0.25, 0.3) is 11.0 Å². The number of hydrogen-bond donors (Lipinski definition) is 2. The van der Waals surface area contributed by atoms with E-state index in [-0.39, 0.29) is 23.9 Å². The molecule has 0 unspecified atom stereocenters. The Labute approximate surface area is 146 Å². The van der Waals surface area contributed by atoms with Crippen LogP contribution in [0.15, 0.2) is 30.6 Å². The summed E-state index contributed by atoms with van der Waals surface area (Å²) in [6.45, 7) is 0.552. The second kappa shape index (κ2) is 7.57. The van der Waals surface area contributed by atoms with Gasteiger partial charge in [-0.1, -0.05) is 6.07 Å². The van der Waals surface area contributed by atoms with Gasteiger partial charge in [0.15, 0.2) is 0 Å². The second-order valence-electron chi connectivity index (χ2n) is 6.37. The molecule has 2 atom stereocenters. The normalized spacial score (nSPS) is 20.6. The number of amides is 2. The Hall–Kier alpha value is -2.54. The van der Waals surface area contributed by atoms with E-state index < -0.39 is 0 Å². The van der Waals surface area contributed by atoms with E-state index in [1.54, 1.807) is 25.5 Å². The number of rotatable bonds is 5. The average Bonchev–Trinajstić information content (AvgIpc) is 2.98. The number of nitrogens with one attached hydrogen (secondary N) is 2. The van der Waals surface area contributed by atoms with Crippen LogP contribution >= 0.6 is 0 Å². The quantitative estimate of drug-likeness (QED) is 0.846. The maximum atomic E-state index is 12.6. The monoisotopic (exact) mass is 341 g/mol. The number of likely N-dealkylation sites (N-methyl/N-ethyl adjacent to an activating group) is 1. The van der Waals surface area contributed by atoms with Crippen molar-refractivity contribution in [2.45, 2.75) is 31.3 Å². The molecule has 1 aliphatic heterocycles. The van der Waals surface area contributed by atoms with Crippen LogP contribution in [0.5, 0.6) is 0 Å². The molecule has 7 heteroatoms. The van der Waals surface area contributed by atoms with Crippen molar-refractivity contribution in [2.75, 3.05) is 20.6 Å². The zero-order chi connectivity index (χ0) is 17.8. The number of hydrogen-bond acceptors (Lipinski definition) is 5. The van der Waals surface area contributed by atoms with Crippen molar-refractivity contribution < 1.29 is 9.59 Å². The Morgan fingerprint density at radius 1 is 1.20 bits per heavy atom. The van der Waals surface area contributed by atoms with Crippen LogP contribution in [0, 0.1) is 0 Å². The van der Waals surface area contributed by atoms with E-state index >= 15 is 0 Å². The summed E-state index contributed by atoms with van der Waals surface area (Å²) in [4.78, 5) is 34.8. The summed E-state index contributed by atoms with van der Waals surface area (Å²) in [6, 6.07) is 5.88. The minimum atomic E-state index is -0.144. The lowest BCUT2D eigenvalue weighted by Crippen LogP contribution is -2.42. The van der Waals surface area contributed by atoms with Gasteiger partial charge in [0.25, 0.3) is 5.91 Å². The van der Waals surface area contributed by atoms with Crippen LogP contribution in [-0.2, 0) is 4.79 Å². The van der Waals surface area contributed by atoms with Crippen LogP contribution in [0.4, 0.5) is 0 Å². The Kier molecular flexibility index (Phi) is 5.23. The zero-order valence-electron chi connectivity index (χ0n) is 14.5. The molecule has 0 saturated carbocycles. The highest BCUT2D eigenvalue weighted by molar-refractivity contribution is 6.04. The summed E-state index contributed by atoms with van der Waals surface area (Å²) < 4.78 is 0. The summed E-state index contributed by atoms with van der Waals surface area (Å²) in [5.74, 6) is -0.0925. The van der Waals surface area contributed by atoms with Gasteiger partial charge in [-0.15, -0.1) is 0 Å². The largest absolute Gasteiger partial charge is 0.359 e. The summed E-state index contributed by atoms with van der Waals surface area (Å²) in [6.07, 6.45) is 5.63. The van der Waals surface area contributed by atoms with Crippen molar-refractivity contribution in [3.05, 3.63) is 36.2 Å². The third-order valence-electron chi connectivity index (χ3n) is 4.93. The van der Waals surface area contributed by atoms with Gasteiger partial charge in [0, 0.05) is 44.5 Å². The molecule has 132 valence electrons. The lowest BCUT2D eigenvalue weighted by molar-refractivity contribution is -0.121. The van der Waals surface area contributed by atoms with Crippen LogP contribution in [0.2, 0.25) is 0 Å². The van der Waals surface area contributed by atoms with E-state index in [1.807, 2.05) is 19.2 Å². The average molecular weight is 341 g/mol. The van der Waals surface area contributed by atoms with Gasteiger partial charge in [0.1, 0.15) is 5.52 Å². The van der Waals surface area contributed by atoms with E-state index in [4.69, 9.17) is 0 Å². The highest BCUT2D eigenvalue weighted by Crippen LogP contribution is 2.24.